The average molecular weight is 200 g/mol. The molecule has 0 aromatic carbocycles. The summed E-state index contributed by atoms with van der Waals surface area (Å²) in [7, 11) is 0. The molecule has 0 aromatic heterocycles. The maximum absolute atomic E-state index is 10.8. The van der Waals surface area contributed by atoms with Crippen molar-refractivity contribution in [3.05, 3.63) is 0 Å². The van der Waals surface area contributed by atoms with E-state index >= 15 is 0 Å². The van der Waals surface area contributed by atoms with Gasteiger partial charge in [0.05, 0.1) is 5.92 Å². The SMILES string of the molecule is O=C(O)C1CCC1SC1CCCC1. The Bertz CT molecular complexity index is 199. The molecule has 0 radical (unpaired) electrons. The average Bonchev–Trinajstić information content (AvgIpc) is 2.48. The zero-order valence-electron chi connectivity index (χ0n) is 7.74. The van der Waals surface area contributed by atoms with Gasteiger partial charge in [-0.05, 0) is 25.7 Å². The number of hydrogen-bond acceptors (Lipinski definition) is 2. The van der Waals surface area contributed by atoms with Gasteiger partial charge in [0, 0.05) is 10.5 Å². The van der Waals surface area contributed by atoms with Gasteiger partial charge in [-0.3, -0.25) is 4.79 Å². The van der Waals surface area contributed by atoms with Gasteiger partial charge in [0.2, 0.25) is 0 Å². The normalized spacial score (nSPS) is 34.5. The zero-order valence-corrected chi connectivity index (χ0v) is 8.55. The molecule has 1 N–H and O–H groups in total. The quantitative estimate of drug-likeness (QED) is 0.760. The van der Waals surface area contributed by atoms with Crippen molar-refractivity contribution in [1.29, 1.82) is 0 Å². The molecule has 2 nitrogen and oxygen atoms in total. The Labute approximate surface area is 83.1 Å². The fourth-order valence-electron chi connectivity index (χ4n) is 2.19. The fraction of sp³-hybridized carbons (Fsp3) is 0.900. The van der Waals surface area contributed by atoms with E-state index in [4.69, 9.17) is 5.11 Å². The fourth-order valence-corrected chi connectivity index (χ4v) is 4.00. The van der Waals surface area contributed by atoms with Crippen molar-refractivity contribution in [3.8, 4) is 0 Å². The van der Waals surface area contributed by atoms with Crippen LogP contribution in [0.3, 0.4) is 0 Å². The van der Waals surface area contributed by atoms with Crippen molar-refractivity contribution in [2.45, 2.75) is 49.0 Å². The van der Waals surface area contributed by atoms with Crippen LogP contribution in [-0.2, 0) is 4.79 Å². The van der Waals surface area contributed by atoms with Crippen molar-refractivity contribution in [2.24, 2.45) is 5.92 Å². The topological polar surface area (TPSA) is 37.3 Å². The molecule has 0 spiro atoms. The third kappa shape index (κ3) is 2.01. The summed E-state index contributed by atoms with van der Waals surface area (Å²) in [5.74, 6) is -0.618. The van der Waals surface area contributed by atoms with E-state index in [1.807, 2.05) is 11.8 Å². The maximum Gasteiger partial charge on any atom is 0.307 e. The summed E-state index contributed by atoms with van der Waals surface area (Å²) in [6.07, 6.45) is 7.35. The van der Waals surface area contributed by atoms with Gasteiger partial charge in [-0.15, -0.1) is 0 Å². The predicted octanol–water partition coefficient (Wildman–Crippen LogP) is 2.53. The summed E-state index contributed by atoms with van der Waals surface area (Å²) < 4.78 is 0. The lowest BCUT2D eigenvalue weighted by atomic mass is 9.85. The van der Waals surface area contributed by atoms with Crippen LogP contribution in [0.2, 0.25) is 0 Å². The first-order chi connectivity index (χ1) is 6.27. The molecule has 0 aliphatic heterocycles. The lowest BCUT2D eigenvalue weighted by molar-refractivity contribution is -0.144. The van der Waals surface area contributed by atoms with Gasteiger partial charge in [0.15, 0.2) is 0 Å². The van der Waals surface area contributed by atoms with Gasteiger partial charge < -0.3 is 5.11 Å². The van der Waals surface area contributed by atoms with Crippen molar-refractivity contribution in [3.63, 3.8) is 0 Å². The van der Waals surface area contributed by atoms with Crippen molar-refractivity contribution in [1.82, 2.24) is 0 Å². The summed E-state index contributed by atoms with van der Waals surface area (Å²) >= 11 is 1.95. The van der Waals surface area contributed by atoms with Gasteiger partial charge in [0.1, 0.15) is 0 Å². The van der Waals surface area contributed by atoms with E-state index in [1.54, 1.807) is 0 Å². The second-order valence-corrected chi connectivity index (χ2v) is 5.65. The van der Waals surface area contributed by atoms with Crippen molar-refractivity contribution >= 4 is 17.7 Å². The second-order valence-electron chi connectivity index (χ2n) is 4.10. The van der Waals surface area contributed by atoms with E-state index in [-0.39, 0.29) is 5.92 Å². The van der Waals surface area contributed by atoms with Crippen LogP contribution in [0.4, 0.5) is 0 Å². The zero-order chi connectivity index (χ0) is 9.26. The number of carboxylic acid groups (broad SMARTS) is 1. The van der Waals surface area contributed by atoms with E-state index < -0.39 is 5.97 Å². The molecule has 0 amide bonds. The van der Waals surface area contributed by atoms with E-state index in [1.165, 1.54) is 25.7 Å². The Morgan fingerprint density at radius 3 is 2.31 bits per heavy atom. The molecule has 2 aliphatic carbocycles. The molecule has 2 unspecified atom stereocenters. The summed E-state index contributed by atoms with van der Waals surface area (Å²) in [5, 5.41) is 10.1. The van der Waals surface area contributed by atoms with Crippen LogP contribution in [0.15, 0.2) is 0 Å². The monoisotopic (exact) mass is 200 g/mol. The standard InChI is InChI=1S/C10H16O2S/c11-10(12)8-5-6-9(8)13-7-3-1-2-4-7/h7-9H,1-6H2,(H,11,12). The Morgan fingerprint density at radius 1 is 1.15 bits per heavy atom. The summed E-state index contributed by atoms with van der Waals surface area (Å²) in [6.45, 7) is 0. The molecule has 0 heterocycles. The van der Waals surface area contributed by atoms with Crippen molar-refractivity contribution in [2.75, 3.05) is 0 Å². The second kappa shape index (κ2) is 3.91. The molecule has 74 valence electrons. The summed E-state index contributed by atoms with van der Waals surface area (Å²) in [5.41, 5.74) is 0. The Hall–Kier alpha value is -0.180. The molecule has 13 heavy (non-hydrogen) atoms. The first-order valence-electron chi connectivity index (χ1n) is 5.15. The highest BCUT2D eigenvalue weighted by molar-refractivity contribution is 8.00. The minimum absolute atomic E-state index is 0.0365. The molecular formula is C10H16O2S. The molecule has 3 heteroatoms. The minimum atomic E-state index is -0.582. The first kappa shape index (κ1) is 9.38. The predicted molar refractivity (Wildman–Crippen MR) is 54.0 cm³/mol. The van der Waals surface area contributed by atoms with E-state index in [0.717, 1.165) is 18.1 Å². The first-order valence-corrected chi connectivity index (χ1v) is 6.10. The van der Waals surface area contributed by atoms with Crippen LogP contribution in [0.25, 0.3) is 0 Å². The van der Waals surface area contributed by atoms with Crippen molar-refractivity contribution < 1.29 is 9.90 Å². The van der Waals surface area contributed by atoms with E-state index in [2.05, 4.69) is 0 Å². The molecule has 0 aromatic rings. The molecule has 2 atom stereocenters. The molecule has 2 saturated carbocycles. The van der Waals surface area contributed by atoms with Crippen LogP contribution in [0, 0.1) is 5.92 Å². The van der Waals surface area contributed by atoms with Crippen LogP contribution in [0.5, 0.6) is 0 Å². The molecule has 2 aliphatic rings. The summed E-state index contributed by atoms with van der Waals surface area (Å²) in [6, 6.07) is 0. The third-order valence-electron chi connectivity index (χ3n) is 3.20. The third-order valence-corrected chi connectivity index (χ3v) is 4.97. The molecule has 2 rings (SSSR count). The number of carbonyl (C=O) groups is 1. The number of rotatable bonds is 3. The van der Waals surface area contributed by atoms with Gasteiger partial charge in [-0.25, -0.2) is 0 Å². The lowest BCUT2D eigenvalue weighted by Crippen LogP contribution is -2.36. The molecular weight excluding hydrogens is 184 g/mol. The van der Waals surface area contributed by atoms with E-state index in [0.29, 0.717) is 5.25 Å². The van der Waals surface area contributed by atoms with Gasteiger partial charge in [-0.2, -0.15) is 11.8 Å². The van der Waals surface area contributed by atoms with Crippen LogP contribution in [0.1, 0.15) is 38.5 Å². The van der Waals surface area contributed by atoms with E-state index in [9.17, 15) is 4.79 Å². The van der Waals surface area contributed by atoms with Gasteiger partial charge >= 0.3 is 5.97 Å². The highest BCUT2D eigenvalue weighted by Crippen LogP contribution is 2.43. The maximum atomic E-state index is 10.8. The lowest BCUT2D eigenvalue weighted by Gasteiger charge is -2.34. The molecule has 0 bridgehead atoms. The molecule has 0 saturated heterocycles. The highest BCUT2D eigenvalue weighted by Gasteiger charge is 2.38. The Morgan fingerprint density at radius 2 is 1.85 bits per heavy atom. The van der Waals surface area contributed by atoms with Gasteiger partial charge in [0.25, 0.3) is 0 Å². The highest BCUT2D eigenvalue weighted by atomic mass is 32.2. The van der Waals surface area contributed by atoms with Crippen LogP contribution in [-0.4, -0.2) is 21.6 Å². The molecule has 2 fully saturated rings. The number of thioether (sulfide) groups is 1. The summed E-state index contributed by atoms with van der Waals surface area (Å²) in [4.78, 5) is 10.8. The van der Waals surface area contributed by atoms with Crippen LogP contribution < -0.4 is 0 Å². The number of aliphatic carboxylic acids is 1. The Balaban J connectivity index is 1.78. The van der Waals surface area contributed by atoms with Crippen LogP contribution >= 0.6 is 11.8 Å². The number of hydrogen-bond donors (Lipinski definition) is 1. The smallest absolute Gasteiger partial charge is 0.307 e. The van der Waals surface area contributed by atoms with Gasteiger partial charge in [-0.1, -0.05) is 12.8 Å². The number of carboxylic acids is 1. The largest absolute Gasteiger partial charge is 0.481 e. The minimum Gasteiger partial charge on any atom is -0.481 e. The Kier molecular flexibility index (Phi) is 2.82.